The van der Waals surface area contributed by atoms with Gasteiger partial charge in [-0.15, -0.1) is 5.10 Å². The lowest BCUT2D eigenvalue weighted by Gasteiger charge is -2.30. The molecule has 15 nitrogen and oxygen atoms in total. The van der Waals surface area contributed by atoms with Gasteiger partial charge < -0.3 is 38.5 Å². The monoisotopic (exact) mass is 669 g/mol. The van der Waals surface area contributed by atoms with Crippen molar-refractivity contribution in [1.29, 1.82) is 0 Å². The van der Waals surface area contributed by atoms with E-state index >= 15 is 0 Å². The summed E-state index contributed by atoms with van der Waals surface area (Å²) in [5.74, 6) is -0.142. The summed E-state index contributed by atoms with van der Waals surface area (Å²) in [5.41, 5.74) is 0.684. The first-order valence-corrected chi connectivity index (χ1v) is 17.0. The van der Waals surface area contributed by atoms with E-state index < -0.39 is 0 Å². The van der Waals surface area contributed by atoms with Gasteiger partial charge in [0, 0.05) is 31.4 Å². The van der Waals surface area contributed by atoms with Crippen LogP contribution in [0.4, 0.5) is 0 Å². The van der Waals surface area contributed by atoms with Gasteiger partial charge in [-0.1, -0.05) is 12.1 Å². The summed E-state index contributed by atoms with van der Waals surface area (Å²) in [6.07, 6.45) is 5.28. The van der Waals surface area contributed by atoms with E-state index in [-0.39, 0.29) is 35.5 Å². The zero-order valence-electron chi connectivity index (χ0n) is 28.2. The van der Waals surface area contributed by atoms with Crippen LogP contribution in [-0.4, -0.2) is 137 Å². The van der Waals surface area contributed by atoms with E-state index in [1.54, 1.807) is 17.8 Å². The van der Waals surface area contributed by atoms with Crippen molar-refractivity contribution in [2.45, 2.75) is 59.0 Å². The number of carbonyl (C=O) groups is 3. The molecule has 15 heteroatoms. The van der Waals surface area contributed by atoms with E-state index in [0.29, 0.717) is 124 Å². The number of nitrogens with zero attached hydrogens (tertiary/aromatic N) is 4. The SMILES string of the molecule is CCOCCOCCOCCOCCOCCOCCOCCn1cc(CNC(=O)C2CCC(CN3C(=O)CC(C)C3=O)CC2)nn1. The molecule has 3 amide bonds. The fourth-order valence-electron chi connectivity index (χ4n) is 5.38. The van der Waals surface area contributed by atoms with Gasteiger partial charge in [0.05, 0.1) is 105 Å². The minimum absolute atomic E-state index is 0.00903. The topological polar surface area (TPSA) is 162 Å². The Morgan fingerprint density at radius 2 is 1.30 bits per heavy atom. The van der Waals surface area contributed by atoms with Crippen LogP contribution in [0.25, 0.3) is 0 Å². The van der Waals surface area contributed by atoms with E-state index in [9.17, 15) is 14.4 Å². The van der Waals surface area contributed by atoms with Crippen LogP contribution < -0.4 is 5.32 Å². The zero-order chi connectivity index (χ0) is 33.5. The normalized spacial score (nSPS) is 20.0. The average molecular weight is 670 g/mol. The van der Waals surface area contributed by atoms with Gasteiger partial charge in [-0.3, -0.25) is 19.3 Å². The van der Waals surface area contributed by atoms with Gasteiger partial charge >= 0.3 is 0 Å². The second kappa shape index (κ2) is 23.7. The lowest BCUT2D eigenvalue weighted by molar-refractivity contribution is -0.140. The maximum absolute atomic E-state index is 12.7. The molecule has 0 radical (unpaired) electrons. The van der Waals surface area contributed by atoms with Crippen molar-refractivity contribution < 1.29 is 47.5 Å². The fourth-order valence-corrected chi connectivity index (χ4v) is 5.38. The Kier molecular flexibility index (Phi) is 19.7. The van der Waals surface area contributed by atoms with Crippen LogP contribution in [0.15, 0.2) is 6.20 Å². The smallest absolute Gasteiger partial charge is 0.232 e. The number of amides is 3. The predicted molar refractivity (Wildman–Crippen MR) is 169 cm³/mol. The fraction of sp³-hybridized carbons (Fsp3) is 0.844. The van der Waals surface area contributed by atoms with Gasteiger partial charge in [0.15, 0.2) is 0 Å². The van der Waals surface area contributed by atoms with Crippen molar-refractivity contribution in [3.63, 3.8) is 0 Å². The third-order valence-electron chi connectivity index (χ3n) is 8.06. The lowest BCUT2D eigenvalue weighted by atomic mass is 9.81. The number of hydrogen-bond donors (Lipinski definition) is 1. The largest absolute Gasteiger partial charge is 0.379 e. The standard InChI is InChI=1S/C32H55N5O10/c1-3-41-10-11-43-14-15-45-18-19-47-21-20-46-17-16-44-13-12-42-9-8-36-25-29(34-35-36)23-33-31(39)28-6-4-27(5-7-28)24-37-30(38)22-26(2)32(37)40/h25-28H,3-24H2,1-2H3,(H,33,39). The second-order valence-corrected chi connectivity index (χ2v) is 11.7. The Bertz CT molecular complexity index is 1020. The van der Waals surface area contributed by atoms with Crippen molar-refractivity contribution in [2.75, 3.05) is 99.0 Å². The molecule has 2 heterocycles. The minimum atomic E-state index is -0.214. The molecule has 2 aliphatic rings. The molecule has 1 unspecified atom stereocenters. The number of rotatable bonds is 27. The summed E-state index contributed by atoms with van der Waals surface area (Å²) in [4.78, 5) is 38.4. The van der Waals surface area contributed by atoms with Crippen LogP contribution in [-0.2, 0) is 60.6 Å². The van der Waals surface area contributed by atoms with Gasteiger partial charge in [-0.05, 0) is 38.5 Å². The van der Waals surface area contributed by atoms with Crippen LogP contribution in [0, 0.1) is 17.8 Å². The van der Waals surface area contributed by atoms with Crippen LogP contribution in [0.2, 0.25) is 0 Å². The van der Waals surface area contributed by atoms with E-state index in [1.807, 2.05) is 6.92 Å². The van der Waals surface area contributed by atoms with Gasteiger partial charge in [0.1, 0.15) is 5.69 Å². The number of likely N-dealkylation sites (tertiary alicyclic amines) is 1. The molecule has 1 N–H and O–H groups in total. The summed E-state index contributed by atoms with van der Waals surface area (Å²) in [7, 11) is 0. The summed E-state index contributed by atoms with van der Waals surface area (Å²) in [6, 6.07) is 0. The Hall–Kier alpha value is -2.53. The van der Waals surface area contributed by atoms with E-state index in [0.717, 1.165) is 25.7 Å². The maximum atomic E-state index is 12.7. The second-order valence-electron chi connectivity index (χ2n) is 11.7. The number of imide groups is 1. The van der Waals surface area contributed by atoms with Gasteiger partial charge in [-0.2, -0.15) is 0 Å². The van der Waals surface area contributed by atoms with Crippen molar-refractivity contribution in [1.82, 2.24) is 25.2 Å². The highest BCUT2D eigenvalue weighted by Crippen LogP contribution is 2.31. The number of nitrogens with one attached hydrogen (secondary N) is 1. The Morgan fingerprint density at radius 3 is 1.79 bits per heavy atom. The molecular weight excluding hydrogens is 614 g/mol. The lowest BCUT2D eigenvalue weighted by Crippen LogP contribution is -2.38. The van der Waals surface area contributed by atoms with Crippen LogP contribution >= 0.6 is 0 Å². The molecule has 1 aliphatic carbocycles. The number of ether oxygens (including phenoxy) is 7. The molecule has 2 fully saturated rings. The van der Waals surface area contributed by atoms with Gasteiger partial charge in [0.25, 0.3) is 0 Å². The summed E-state index contributed by atoms with van der Waals surface area (Å²) in [5, 5.41) is 11.2. The van der Waals surface area contributed by atoms with E-state index in [4.69, 9.17) is 33.2 Å². The Labute approximate surface area is 278 Å². The van der Waals surface area contributed by atoms with Crippen molar-refractivity contribution in [2.24, 2.45) is 17.8 Å². The van der Waals surface area contributed by atoms with Crippen LogP contribution in [0.1, 0.15) is 51.6 Å². The average Bonchev–Trinajstić information content (AvgIpc) is 3.63. The predicted octanol–water partition coefficient (Wildman–Crippen LogP) is 1.23. The van der Waals surface area contributed by atoms with Crippen molar-refractivity contribution in [3.05, 3.63) is 11.9 Å². The number of hydrogen-bond acceptors (Lipinski definition) is 12. The molecule has 1 aromatic rings. The molecule has 0 spiro atoms. The van der Waals surface area contributed by atoms with Crippen LogP contribution in [0.5, 0.6) is 0 Å². The Morgan fingerprint density at radius 1 is 0.787 bits per heavy atom. The maximum Gasteiger partial charge on any atom is 0.232 e. The minimum Gasteiger partial charge on any atom is -0.379 e. The molecule has 268 valence electrons. The third-order valence-corrected chi connectivity index (χ3v) is 8.06. The molecule has 1 saturated carbocycles. The quantitative estimate of drug-likeness (QED) is 0.106. The molecule has 1 aromatic heterocycles. The number of aromatic nitrogens is 3. The molecule has 0 aromatic carbocycles. The zero-order valence-corrected chi connectivity index (χ0v) is 28.2. The highest BCUT2D eigenvalue weighted by molar-refractivity contribution is 6.03. The van der Waals surface area contributed by atoms with Gasteiger partial charge in [-0.25, -0.2) is 4.68 Å². The highest BCUT2D eigenvalue weighted by Gasteiger charge is 2.37. The van der Waals surface area contributed by atoms with Crippen molar-refractivity contribution >= 4 is 17.7 Å². The number of carbonyl (C=O) groups excluding carboxylic acids is 3. The Balaban J connectivity index is 1.08. The molecule has 1 aliphatic heterocycles. The molecule has 1 atom stereocenters. The van der Waals surface area contributed by atoms with Gasteiger partial charge in [0.2, 0.25) is 17.7 Å². The summed E-state index contributed by atoms with van der Waals surface area (Å²) >= 11 is 0. The third kappa shape index (κ3) is 15.9. The van der Waals surface area contributed by atoms with Crippen molar-refractivity contribution in [3.8, 4) is 0 Å². The molecule has 3 rings (SSSR count). The van der Waals surface area contributed by atoms with Crippen LogP contribution in [0.3, 0.4) is 0 Å². The molecular formula is C32H55N5O10. The molecule has 1 saturated heterocycles. The summed E-state index contributed by atoms with van der Waals surface area (Å²) < 4.78 is 39.7. The molecule has 47 heavy (non-hydrogen) atoms. The first kappa shape index (κ1) is 38.9. The summed E-state index contributed by atoms with van der Waals surface area (Å²) in [6.45, 7) is 12.5. The first-order valence-electron chi connectivity index (χ1n) is 17.0. The van der Waals surface area contributed by atoms with E-state index in [2.05, 4.69) is 15.6 Å². The van der Waals surface area contributed by atoms with E-state index in [1.165, 1.54) is 4.90 Å². The first-order chi connectivity index (χ1) is 23.0. The molecule has 0 bridgehead atoms. The highest BCUT2D eigenvalue weighted by atomic mass is 16.6.